The molecule has 3 amide bonds. The lowest BCUT2D eigenvalue weighted by atomic mass is 10.1. The van der Waals surface area contributed by atoms with Gasteiger partial charge in [0.05, 0.1) is 31.9 Å². The summed E-state index contributed by atoms with van der Waals surface area (Å²) in [7, 11) is 4.52. The van der Waals surface area contributed by atoms with Crippen molar-refractivity contribution >= 4 is 40.6 Å². The van der Waals surface area contributed by atoms with Gasteiger partial charge in [-0.1, -0.05) is 12.1 Å². The van der Waals surface area contributed by atoms with E-state index in [1.807, 2.05) is 0 Å². The monoisotopic (exact) mass is 428 g/mol. The molecule has 1 N–H and O–H groups in total. The summed E-state index contributed by atoms with van der Waals surface area (Å²) in [6.07, 6.45) is 1.55. The Labute approximate surface area is 177 Å². The van der Waals surface area contributed by atoms with E-state index >= 15 is 0 Å². The largest absolute Gasteiger partial charge is 0.497 e. The predicted molar refractivity (Wildman–Crippen MR) is 114 cm³/mol. The number of amides is 3. The second-order valence-corrected chi connectivity index (χ2v) is 7.12. The quantitative estimate of drug-likeness (QED) is 0.676. The topological polar surface area (TPSA) is 94.2 Å². The zero-order chi connectivity index (χ0) is 21.7. The van der Waals surface area contributed by atoms with E-state index in [1.54, 1.807) is 48.5 Å². The molecule has 0 bridgehead atoms. The lowest BCUT2D eigenvalue weighted by Crippen LogP contribution is -2.36. The van der Waals surface area contributed by atoms with Crippen LogP contribution in [0, 0.1) is 0 Å². The number of nitrogens with zero attached hydrogens (tertiary/aromatic N) is 1. The van der Waals surface area contributed by atoms with E-state index in [4.69, 9.17) is 14.2 Å². The standard InChI is InChI=1S/C21H20N2O6S/c1-27-14-8-9-16(28-2)13(10-14)11-18-20(25)23(21(26)30-18)12-19(24)22-15-6-4-5-7-17(15)29-3/h4-11H,12H2,1-3H3,(H,22,24)/b18-11-. The minimum Gasteiger partial charge on any atom is -0.497 e. The van der Waals surface area contributed by atoms with E-state index in [0.717, 1.165) is 16.7 Å². The SMILES string of the molecule is COc1ccc(OC)c(/C=C2\SC(=O)N(CC(=O)Nc3ccccc3OC)C2=O)c1. The highest BCUT2D eigenvalue weighted by molar-refractivity contribution is 8.18. The van der Waals surface area contributed by atoms with Gasteiger partial charge in [0.2, 0.25) is 5.91 Å². The molecule has 3 rings (SSSR count). The molecule has 9 heteroatoms. The minimum absolute atomic E-state index is 0.191. The molecule has 8 nitrogen and oxygen atoms in total. The molecule has 156 valence electrons. The number of ether oxygens (including phenoxy) is 3. The Bertz CT molecular complexity index is 1020. The molecule has 2 aromatic carbocycles. The van der Waals surface area contributed by atoms with Crippen LogP contribution in [-0.2, 0) is 9.59 Å². The van der Waals surface area contributed by atoms with Crippen molar-refractivity contribution in [3.63, 3.8) is 0 Å². The summed E-state index contributed by atoms with van der Waals surface area (Å²) < 4.78 is 15.7. The molecular formula is C21H20N2O6S. The van der Waals surface area contributed by atoms with Gasteiger partial charge in [0.15, 0.2) is 0 Å². The first-order chi connectivity index (χ1) is 14.5. The van der Waals surface area contributed by atoms with Crippen LogP contribution in [0.2, 0.25) is 0 Å². The van der Waals surface area contributed by atoms with Crippen molar-refractivity contribution in [2.45, 2.75) is 0 Å². The average Bonchev–Trinajstić information content (AvgIpc) is 3.01. The Balaban J connectivity index is 1.76. The van der Waals surface area contributed by atoms with Crippen molar-refractivity contribution in [3.05, 3.63) is 52.9 Å². The van der Waals surface area contributed by atoms with Crippen LogP contribution in [0.3, 0.4) is 0 Å². The number of imide groups is 1. The molecule has 0 aliphatic carbocycles. The maximum Gasteiger partial charge on any atom is 0.294 e. The maximum atomic E-state index is 12.7. The number of benzene rings is 2. The van der Waals surface area contributed by atoms with Crippen molar-refractivity contribution in [1.29, 1.82) is 0 Å². The van der Waals surface area contributed by atoms with Crippen molar-refractivity contribution < 1.29 is 28.6 Å². The van der Waals surface area contributed by atoms with Crippen LogP contribution in [0.15, 0.2) is 47.4 Å². The fraction of sp³-hybridized carbons (Fsp3) is 0.190. The second-order valence-electron chi connectivity index (χ2n) is 6.12. The van der Waals surface area contributed by atoms with Gasteiger partial charge in [0.1, 0.15) is 23.8 Å². The van der Waals surface area contributed by atoms with Gasteiger partial charge in [-0.15, -0.1) is 0 Å². The number of hydrogen-bond acceptors (Lipinski definition) is 7. The zero-order valence-electron chi connectivity index (χ0n) is 16.6. The normalized spacial score (nSPS) is 14.8. The van der Waals surface area contributed by atoms with Crippen molar-refractivity contribution in [3.8, 4) is 17.2 Å². The number of thioether (sulfide) groups is 1. The predicted octanol–water partition coefficient (Wildman–Crippen LogP) is 3.39. The summed E-state index contributed by atoms with van der Waals surface area (Å²) >= 11 is 0.763. The number of methoxy groups -OCH3 is 3. The van der Waals surface area contributed by atoms with Gasteiger partial charge in [-0.3, -0.25) is 19.3 Å². The van der Waals surface area contributed by atoms with Gasteiger partial charge in [-0.25, -0.2) is 0 Å². The van der Waals surface area contributed by atoms with Crippen molar-refractivity contribution in [2.75, 3.05) is 33.2 Å². The summed E-state index contributed by atoms with van der Waals surface area (Å²) in [5, 5.41) is 2.13. The fourth-order valence-electron chi connectivity index (χ4n) is 2.81. The molecule has 0 radical (unpaired) electrons. The van der Waals surface area contributed by atoms with Gasteiger partial charge in [-0.05, 0) is 48.2 Å². The number of anilines is 1. The summed E-state index contributed by atoms with van der Waals surface area (Å²) in [5.41, 5.74) is 1.04. The molecule has 1 saturated heterocycles. The van der Waals surface area contributed by atoms with E-state index in [9.17, 15) is 14.4 Å². The van der Waals surface area contributed by atoms with Crippen molar-refractivity contribution in [1.82, 2.24) is 4.90 Å². The highest BCUT2D eigenvalue weighted by Crippen LogP contribution is 2.35. The van der Waals surface area contributed by atoms with Crippen LogP contribution in [0.25, 0.3) is 6.08 Å². The number of rotatable bonds is 7. The third kappa shape index (κ3) is 4.57. The molecule has 30 heavy (non-hydrogen) atoms. The fourth-order valence-corrected chi connectivity index (χ4v) is 3.64. The molecule has 0 spiro atoms. The van der Waals surface area contributed by atoms with Crippen LogP contribution < -0.4 is 19.5 Å². The Kier molecular flexibility index (Phi) is 6.63. The van der Waals surface area contributed by atoms with Crippen LogP contribution in [0.5, 0.6) is 17.2 Å². The first-order valence-electron chi connectivity index (χ1n) is 8.87. The summed E-state index contributed by atoms with van der Waals surface area (Å²) in [5.74, 6) is 0.519. The average molecular weight is 428 g/mol. The molecule has 1 aliphatic rings. The number of para-hydroxylation sites is 2. The van der Waals surface area contributed by atoms with Crippen LogP contribution in [-0.4, -0.2) is 49.8 Å². The third-order valence-corrected chi connectivity index (χ3v) is 5.19. The number of nitrogens with one attached hydrogen (secondary N) is 1. The number of carbonyl (C=O) groups excluding carboxylic acids is 3. The Hall–Kier alpha value is -3.46. The molecule has 1 fully saturated rings. The molecule has 0 aromatic heterocycles. The third-order valence-electron chi connectivity index (χ3n) is 4.28. The zero-order valence-corrected chi connectivity index (χ0v) is 17.4. The van der Waals surface area contributed by atoms with E-state index in [2.05, 4.69) is 5.32 Å². The van der Waals surface area contributed by atoms with Gasteiger partial charge in [-0.2, -0.15) is 0 Å². The van der Waals surface area contributed by atoms with Crippen LogP contribution >= 0.6 is 11.8 Å². The first-order valence-corrected chi connectivity index (χ1v) is 9.68. The molecule has 1 heterocycles. The summed E-state index contributed by atoms with van der Waals surface area (Å²) in [4.78, 5) is 38.6. The summed E-state index contributed by atoms with van der Waals surface area (Å²) in [6.45, 7) is -0.407. The van der Waals surface area contributed by atoms with Crippen LogP contribution in [0.1, 0.15) is 5.56 Å². The highest BCUT2D eigenvalue weighted by atomic mass is 32.2. The van der Waals surface area contributed by atoms with E-state index in [-0.39, 0.29) is 4.91 Å². The Morgan fingerprint density at radius 2 is 1.77 bits per heavy atom. The highest BCUT2D eigenvalue weighted by Gasteiger charge is 2.36. The van der Waals surface area contributed by atoms with Gasteiger partial charge >= 0.3 is 0 Å². The van der Waals surface area contributed by atoms with E-state index < -0.39 is 23.6 Å². The van der Waals surface area contributed by atoms with Gasteiger partial charge < -0.3 is 19.5 Å². The molecule has 0 saturated carbocycles. The van der Waals surface area contributed by atoms with Crippen molar-refractivity contribution in [2.24, 2.45) is 0 Å². The molecule has 0 atom stereocenters. The lowest BCUT2D eigenvalue weighted by molar-refractivity contribution is -0.127. The molecule has 0 unspecified atom stereocenters. The molecule has 1 aliphatic heterocycles. The minimum atomic E-state index is -0.551. The van der Waals surface area contributed by atoms with Gasteiger partial charge in [0, 0.05) is 5.56 Å². The first kappa shape index (κ1) is 21.3. The number of hydrogen-bond donors (Lipinski definition) is 1. The van der Waals surface area contributed by atoms with Crippen LogP contribution in [0.4, 0.5) is 10.5 Å². The Morgan fingerprint density at radius 1 is 1.03 bits per heavy atom. The smallest absolute Gasteiger partial charge is 0.294 e. The van der Waals surface area contributed by atoms with Gasteiger partial charge in [0.25, 0.3) is 11.1 Å². The molecule has 2 aromatic rings. The Morgan fingerprint density at radius 3 is 2.47 bits per heavy atom. The maximum absolute atomic E-state index is 12.7. The van der Waals surface area contributed by atoms with E-state index in [1.165, 1.54) is 21.3 Å². The second kappa shape index (κ2) is 9.36. The molecular weight excluding hydrogens is 408 g/mol. The lowest BCUT2D eigenvalue weighted by Gasteiger charge is -2.14. The number of carbonyl (C=O) groups is 3. The van der Waals surface area contributed by atoms with E-state index in [0.29, 0.717) is 28.5 Å². The summed E-state index contributed by atoms with van der Waals surface area (Å²) in [6, 6.07) is 12.0.